The molecule has 3 heteroatoms. The molecule has 0 spiro atoms. The predicted octanol–water partition coefficient (Wildman–Crippen LogP) is 1.48. The Morgan fingerprint density at radius 1 is 0.704 bits per heavy atom. The van der Waals surface area contributed by atoms with Gasteiger partial charge in [-0.15, -0.1) is 0 Å². The van der Waals surface area contributed by atoms with Crippen molar-refractivity contribution in [3.8, 4) is 0 Å². The quantitative estimate of drug-likeness (QED) is 0.459. The molecule has 3 aromatic carbocycles. The lowest BCUT2D eigenvalue weighted by molar-refractivity contribution is -0.116. The molecule has 0 saturated heterocycles. The van der Waals surface area contributed by atoms with E-state index >= 15 is 0 Å². The Kier molecular flexibility index (Phi) is 5.95. The number of carbonyl (C=O) groups excluding carboxylic acids is 1. The van der Waals surface area contributed by atoms with Gasteiger partial charge < -0.3 is 12.4 Å². The SMILES string of the molecule is C=C(C(=O)C1CC1)[P+](c1ccccc1)(c1ccccc1)c1ccccc1.[Cl-]. The number of allylic oxidation sites excluding steroid dienone is 1. The number of benzene rings is 3. The minimum atomic E-state index is -2.26. The van der Waals surface area contributed by atoms with Crippen LogP contribution in [0.4, 0.5) is 0 Å². The maximum absolute atomic E-state index is 13.2. The van der Waals surface area contributed by atoms with Crippen molar-refractivity contribution in [1.82, 2.24) is 0 Å². The van der Waals surface area contributed by atoms with Gasteiger partial charge in [0.1, 0.15) is 28.5 Å². The fourth-order valence-corrected chi connectivity index (χ4v) is 7.82. The molecule has 0 aromatic heterocycles. The van der Waals surface area contributed by atoms with E-state index in [4.69, 9.17) is 0 Å². The fraction of sp³-hybridized carbons (Fsp3) is 0.125. The smallest absolute Gasteiger partial charge is 0.201 e. The molecular weight excluding hydrogens is 371 g/mol. The van der Waals surface area contributed by atoms with E-state index in [2.05, 4.69) is 79.4 Å². The predicted molar refractivity (Wildman–Crippen MR) is 112 cm³/mol. The molecule has 1 saturated carbocycles. The van der Waals surface area contributed by atoms with Gasteiger partial charge in [-0.2, -0.15) is 0 Å². The van der Waals surface area contributed by atoms with Crippen molar-refractivity contribution in [3.63, 3.8) is 0 Å². The van der Waals surface area contributed by atoms with Gasteiger partial charge in [-0.1, -0.05) is 61.2 Å². The lowest BCUT2D eigenvalue weighted by Crippen LogP contribution is -3.00. The van der Waals surface area contributed by atoms with Crippen molar-refractivity contribution in [2.24, 2.45) is 5.92 Å². The zero-order valence-electron chi connectivity index (χ0n) is 15.1. The van der Waals surface area contributed by atoms with Gasteiger partial charge in [-0.05, 0) is 49.2 Å². The van der Waals surface area contributed by atoms with Gasteiger partial charge in [0.25, 0.3) is 0 Å². The number of hydrogen-bond acceptors (Lipinski definition) is 1. The Balaban J connectivity index is 0.00000210. The lowest BCUT2D eigenvalue weighted by Gasteiger charge is -2.28. The Morgan fingerprint density at radius 3 is 1.33 bits per heavy atom. The zero-order valence-corrected chi connectivity index (χ0v) is 16.7. The molecule has 4 rings (SSSR count). The molecule has 1 nitrogen and oxygen atoms in total. The molecule has 0 radical (unpaired) electrons. The van der Waals surface area contributed by atoms with Crippen LogP contribution in [0.2, 0.25) is 0 Å². The Morgan fingerprint density at radius 2 is 1.04 bits per heavy atom. The van der Waals surface area contributed by atoms with E-state index < -0.39 is 7.26 Å². The first-order chi connectivity index (χ1) is 12.7. The lowest BCUT2D eigenvalue weighted by atomic mass is 10.3. The summed E-state index contributed by atoms with van der Waals surface area (Å²) in [6, 6.07) is 31.4. The van der Waals surface area contributed by atoms with Crippen molar-refractivity contribution in [2.45, 2.75) is 12.8 Å². The number of halogens is 1. The summed E-state index contributed by atoms with van der Waals surface area (Å²) in [4.78, 5) is 13.2. The van der Waals surface area contributed by atoms with Crippen LogP contribution in [0.1, 0.15) is 12.8 Å². The normalized spacial score (nSPS) is 13.5. The highest BCUT2D eigenvalue weighted by atomic mass is 35.5. The second-order valence-corrected chi connectivity index (χ2v) is 10.2. The average Bonchev–Trinajstić information content (AvgIpc) is 3.56. The summed E-state index contributed by atoms with van der Waals surface area (Å²) >= 11 is 0. The molecule has 3 aromatic rings. The van der Waals surface area contributed by atoms with Crippen LogP contribution in [-0.4, -0.2) is 5.78 Å². The molecule has 1 aliphatic rings. The van der Waals surface area contributed by atoms with Crippen LogP contribution in [0.25, 0.3) is 0 Å². The van der Waals surface area contributed by atoms with Gasteiger partial charge in [0.05, 0.1) is 0 Å². The third-order valence-electron chi connectivity index (χ3n) is 5.07. The first kappa shape index (κ1) is 19.5. The zero-order chi connectivity index (χ0) is 18.0. The summed E-state index contributed by atoms with van der Waals surface area (Å²) in [5, 5.41) is 4.35. The van der Waals surface area contributed by atoms with Crippen molar-refractivity contribution in [1.29, 1.82) is 0 Å². The topological polar surface area (TPSA) is 17.1 Å². The third kappa shape index (κ3) is 3.50. The number of hydrogen-bond donors (Lipinski definition) is 0. The number of ketones is 1. The minimum Gasteiger partial charge on any atom is -1.00 e. The second kappa shape index (κ2) is 8.21. The van der Waals surface area contributed by atoms with Crippen molar-refractivity contribution >= 4 is 29.0 Å². The summed E-state index contributed by atoms with van der Waals surface area (Å²) in [6.07, 6.45) is 1.99. The summed E-state index contributed by atoms with van der Waals surface area (Å²) in [6.45, 7) is 4.42. The number of rotatable bonds is 6. The van der Waals surface area contributed by atoms with Gasteiger partial charge in [-0.25, -0.2) is 0 Å². The van der Waals surface area contributed by atoms with Crippen LogP contribution in [-0.2, 0) is 4.79 Å². The Bertz CT molecular complexity index is 822. The Hall–Kier alpha value is -2.21. The molecular formula is C24H22ClOP. The molecule has 27 heavy (non-hydrogen) atoms. The van der Waals surface area contributed by atoms with Gasteiger partial charge in [0.15, 0.2) is 0 Å². The van der Waals surface area contributed by atoms with E-state index in [1.54, 1.807) is 0 Å². The van der Waals surface area contributed by atoms with E-state index in [-0.39, 0.29) is 24.1 Å². The van der Waals surface area contributed by atoms with E-state index in [1.165, 1.54) is 15.9 Å². The highest BCUT2D eigenvalue weighted by Crippen LogP contribution is 2.63. The van der Waals surface area contributed by atoms with Crippen molar-refractivity contribution < 1.29 is 17.2 Å². The van der Waals surface area contributed by atoms with Crippen LogP contribution < -0.4 is 28.3 Å². The van der Waals surface area contributed by atoms with Gasteiger partial charge >= 0.3 is 0 Å². The minimum absolute atomic E-state index is 0. The van der Waals surface area contributed by atoms with Crippen LogP contribution >= 0.6 is 7.26 Å². The monoisotopic (exact) mass is 392 g/mol. The number of Topliss-reactive ketones (excluding diaryl/α,β-unsaturated/α-hetero) is 1. The van der Waals surface area contributed by atoms with Crippen LogP contribution in [0.5, 0.6) is 0 Å². The number of carbonyl (C=O) groups is 1. The van der Waals surface area contributed by atoms with Crippen molar-refractivity contribution in [2.75, 3.05) is 0 Å². The Labute approximate surface area is 167 Å². The van der Waals surface area contributed by atoms with Gasteiger partial charge in [0, 0.05) is 5.92 Å². The first-order valence-corrected chi connectivity index (χ1v) is 10.8. The first-order valence-electron chi connectivity index (χ1n) is 9.04. The second-order valence-electron chi connectivity index (χ2n) is 6.76. The molecule has 0 amide bonds. The van der Waals surface area contributed by atoms with E-state index in [1.807, 2.05) is 18.2 Å². The molecule has 0 unspecified atom stereocenters. The molecule has 0 bridgehead atoms. The van der Waals surface area contributed by atoms with Crippen LogP contribution in [0.3, 0.4) is 0 Å². The molecule has 1 fully saturated rings. The van der Waals surface area contributed by atoms with Gasteiger partial charge in [0.2, 0.25) is 5.78 Å². The summed E-state index contributed by atoms with van der Waals surface area (Å²) in [5.41, 5.74) is 0. The molecule has 0 atom stereocenters. The molecule has 0 N–H and O–H groups in total. The highest BCUT2D eigenvalue weighted by molar-refractivity contribution is 7.99. The maximum atomic E-state index is 13.2. The van der Waals surface area contributed by atoms with Crippen LogP contribution in [0.15, 0.2) is 103 Å². The molecule has 0 heterocycles. The van der Waals surface area contributed by atoms with E-state index in [0.29, 0.717) is 0 Å². The average molecular weight is 393 g/mol. The fourth-order valence-electron chi connectivity index (χ4n) is 3.62. The molecule has 1 aliphatic carbocycles. The van der Waals surface area contributed by atoms with Crippen molar-refractivity contribution in [3.05, 3.63) is 103 Å². The highest BCUT2D eigenvalue weighted by Gasteiger charge is 2.53. The van der Waals surface area contributed by atoms with E-state index in [0.717, 1.165) is 18.2 Å². The van der Waals surface area contributed by atoms with E-state index in [9.17, 15) is 4.79 Å². The standard InChI is InChI=1S/C24H22OP.ClH/c1-19(24(25)20-17-18-20)26(21-11-5-2-6-12-21,22-13-7-3-8-14-22)23-15-9-4-10-16-23;/h2-16,20H,1,17-18H2;1H/q+1;/p-1. The van der Waals surface area contributed by atoms with Gasteiger partial charge in [-0.3, -0.25) is 4.79 Å². The third-order valence-corrected chi connectivity index (χ3v) is 9.32. The molecule has 0 aliphatic heterocycles. The summed E-state index contributed by atoms with van der Waals surface area (Å²) in [5.74, 6) is 0.410. The molecule has 136 valence electrons. The maximum Gasteiger partial charge on any atom is 0.201 e. The summed E-state index contributed by atoms with van der Waals surface area (Å²) in [7, 11) is -2.26. The van der Waals surface area contributed by atoms with Crippen LogP contribution in [0, 0.1) is 5.92 Å². The largest absolute Gasteiger partial charge is 1.00 e. The summed E-state index contributed by atoms with van der Waals surface area (Å²) < 4.78 is 0.